The van der Waals surface area contributed by atoms with Gasteiger partial charge in [-0.2, -0.15) is 0 Å². The van der Waals surface area contributed by atoms with Crippen LogP contribution in [0.5, 0.6) is 11.5 Å². The first-order valence-corrected chi connectivity index (χ1v) is 13.9. The van der Waals surface area contributed by atoms with Crippen LogP contribution in [-0.4, -0.2) is 31.0 Å². The van der Waals surface area contributed by atoms with Gasteiger partial charge in [-0.05, 0) is 24.1 Å². The molecule has 0 heterocycles. The third-order valence-corrected chi connectivity index (χ3v) is 6.55. The number of aliphatic hydroxyl groups excluding tert-OH is 1. The van der Waals surface area contributed by atoms with E-state index in [0.717, 1.165) is 40.9 Å². The molecule has 36 heavy (non-hydrogen) atoms. The van der Waals surface area contributed by atoms with Gasteiger partial charge in [-0.25, -0.2) is 0 Å². The van der Waals surface area contributed by atoms with Gasteiger partial charge in [-0.15, -0.1) is 0 Å². The Labute approximate surface area is 217 Å². The van der Waals surface area contributed by atoms with Gasteiger partial charge in [-0.3, -0.25) is 0 Å². The smallest absolute Gasteiger partial charge is 0.127 e. The van der Waals surface area contributed by atoms with Crippen molar-refractivity contribution in [1.82, 2.24) is 0 Å². The lowest BCUT2D eigenvalue weighted by molar-refractivity contribution is -0.0224. The zero-order valence-corrected chi connectivity index (χ0v) is 22.0. The fraction of sp³-hybridized carbons (Fsp3) is 0.500. The molecule has 1 atom stereocenters. The van der Waals surface area contributed by atoms with E-state index in [1.54, 1.807) is 0 Å². The largest absolute Gasteiger partial charge is 0.493 e. The van der Waals surface area contributed by atoms with Gasteiger partial charge in [0.2, 0.25) is 0 Å². The van der Waals surface area contributed by atoms with Gasteiger partial charge in [0.05, 0.1) is 19.8 Å². The monoisotopic (exact) mass is 492 g/mol. The molecule has 0 saturated carbocycles. The normalized spacial score (nSPS) is 12.1. The van der Waals surface area contributed by atoms with Crippen LogP contribution in [0, 0.1) is 0 Å². The minimum Gasteiger partial charge on any atom is -0.493 e. The maximum Gasteiger partial charge on any atom is 0.127 e. The molecule has 0 aliphatic rings. The van der Waals surface area contributed by atoms with Crippen LogP contribution < -0.4 is 9.47 Å². The molecule has 3 aromatic carbocycles. The average Bonchev–Trinajstić information content (AvgIpc) is 2.92. The molecule has 1 unspecified atom stereocenters. The van der Waals surface area contributed by atoms with E-state index < -0.39 is 6.10 Å². The van der Waals surface area contributed by atoms with Crippen LogP contribution in [0.4, 0.5) is 0 Å². The zero-order valence-electron chi connectivity index (χ0n) is 22.0. The molecule has 0 aromatic heterocycles. The highest BCUT2D eigenvalue weighted by molar-refractivity contribution is 5.93. The Balaban J connectivity index is 1.42. The number of hydrogen-bond acceptors (Lipinski definition) is 4. The van der Waals surface area contributed by atoms with Gasteiger partial charge in [0.1, 0.15) is 24.2 Å². The number of ether oxygens (including phenoxy) is 3. The molecule has 4 heteroatoms. The van der Waals surface area contributed by atoms with E-state index in [9.17, 15) is 5.11 Å². The highest BCUT2D eigenvalue weighted by atomic mass is 16.5. The number of aliphatic hydroxyl groups is 1. The lowest BCUT2D eigenvalue weighted by atomic mass is 10.1. The molecule has 4 nitrogen and oxygen atoms in total. The lowest BCUT2D eigenvalue weighted by Gasteiger charge is -2.18. The second-order valence-corrected chi connectivity index (χ2v) is 9.55. The molecule has 0 bridgehead atoms. The number of hydrogen-bond donors (Lipinski definition) is 1. The first-order valence-electron chi connectivity index (χ1n) is 13.9. The van der Waals surface area contributed by atoms with E-state index in [1.165, 1.54) is 57.8 Å². The second kappa shape index (κ2) is 17.0. The van der Waals surface area contributed by atoms with Gasteiger partial charge in [-0.1, -0.05) is 119 Å². The van der Waals surface area contributed by atoms with E-state index in [1.807, 2.05) is 54.6 Å². The molecule has 196 valence electrons. The summed E-state index contributed by atoms with van der Waals surface area (Å²) in [7, 11) is 0. The van der Waals surface area contributed by atoms with Crippen LogP contribution in [-0.2, 0) is 11.3 Å². The van der Waals surface area contributed by atoms with Crippen molar-refractivity contribution in [3.8, 4) is 11.5 Å². The fourth-order valence-corrected chi connectivity index (χ4v) is 4.40. The van der Waals surface area contributed by atoms with Gasteiger partial charge in [0.25, 0.3) is 0 Å². The van der Waals surface area contributed by atoms with Crippen LogP contribution in [0.2, 0.25) is 0 Å². The Kier molecular flexibility index (Phi) is 13.2. The molecule has 3 aromatic rings. The standard InChI is InChI=1S/C32H44O4/c1-2-3-4-5-6-7-8-9-10-14-23-34-31-21-15-20-30-29(31)19-16-22-32(30)36-26-28(24-33)35-25-27-17-12-11-13-18-27/h11-13,15-22,28,33H,2-10,14,23-26H2,1H3. The molecule has 0 fully saturated rings. The summed E-state index contributed by atoms with van der Waals surface area (Å²) in [6, 6.07) is 22.1. The average molecular weight is 493 g/mol. The SMILES string of the molecule is CCCCCCCCCCCCOc1cccc2c(OCC(CO)OCc3ccccc3)cccc12. The molecule has 0 radical (unpaired) electrons. The predicted octanol–water partition coefficient (Wildman–Crippen LogP) is 8.10. The van der Waals surface area contributed by atoms with Crippen molar-refractivity contribution in [1.29, 1.82) is 0 Å². The highest BCUT2D eigenvalue weighted by Gasteiger charge is 2.12. The van der Waals surface area contributed by atoms with Gasteiger partial charge in [0, 0.05) is 10.8 Å². The van der Waals surface area contributed by atoms with Crippen molar-refractivity contribution < 1.29 is 19.3 Å². The first kappa shape index (κ1) is 28.0. The van der Waals surface area contributed by atoms with E-state index in [-0.39, 0.29) is 13.2 Å². The number of benzene rings is 3. The summed E-state index contributed by atoms with van der Waals surface area (Å²) in [5.74, 6) is 1.67. The minimum absolute atomic E-state index is 0.0924. The zero-order chi connectivity index (χ0) is 25.3. The first-order chi connectivity index (χ1) is 17.8. The van der Waals surface area contributed by atoms with Gasteiger partial charge >= 0.3 is 0 Å². The van der Waals surface area contributed by atoms with Gasteiger partial charge in [0.15, 0.2) is 0 Å². The van der Waals surface area contributed by atoms with Crippen LogP contribution in [0.1, 0.15) is 76.7 Å². The topological polar surface area (TPSA) is 47.9 Å². The Morgan fingerprint density at radius 2 is 1.22 bits per heavy atom. The maximum atomic E-state index is 9.75. The Morgan fingerprint density at radius 3 is 1.83 bits per heavy atom. The molecule has 0 aliphatic heterocycles. The summed E-state index contributed by atoms with van der Waals surface area (Å²) in [6.45, 7) is 3.64. The quantitative estimate of drug-likeness (QED) is 0.172. The van der Waals surface area contributed by atoms with E-state index in [0.29, 0.717) is 6.61 Å². The minimum atomic E-state index is -0.392. The maximum absolute atomic E-state index is 9.75. The summed E-state index contributed by atoms with van der Waals surface area (Å²) in [4.78, 5) is 0. The van der Waals surface area contributed by atoms with Gasteiger partial charge < -0.3 is 19.3 Å². The Bertz CT molecular complexity index is 972. The molecule has 0 aliphatic carbocycles. The molecule has 1 N–H and O–H groups in total. The predicted molar refractivity (Wildman–Crippen MR) is 149 cm³/mol. The van der Waals surface area contributed by atoms with Crippen molar-refractivity contribution in [3.05, 3.63) is 72.3 Å². The van der Waals surface area contributed by atoms with Crippen LogP contribution in [0.3, 0.4) is 0 Å². The third kappa shape index (κ3) is 9.83. The summed E-state index contributed by atoms with van der Waals surface area (Å²) < 4.78 is 18.1. The highest BCUT2D eigenvalue weighted by Crippen LogP contribution is 2.32. The van der Waals surface area contributed by atoms with Crippen molar-refractivity contribution in [3.63, 3.8) is 0 Å². The lowest BCUT2D eigenvalue weighted by Crippen LogP contribution is -2.25. The summed E-state index contributed by atoms with van der Waals surface area (Å²) >= 11 is 0. The molecule has 0 spiro atoms. The summed E-state index contributed by atoms with van der Waals surface area (Å²) in [5.41, 5.74) is 1.07. The van der Waals surface area contributed by atoms with Crippen LogP contribution >= 0.6 is 0 Å². The third-order valence-electron chi connectivity index (χ3n) is 6.55. The van der Waals surface area contributed by atoms with E-state index in [4.69, 9.17) is 14.2 Å². The Morgan fingerprint density at radius 1 is 0.639 bits per heavy atom. The molecular formula is C32H44O4. The Hall–Kier alpha value is -2.56. The molecule has 0 amide bonds. The molecule has 0 saturated heterocycles. The van der Waals surface area contributed by atoms with Crippen LogP contribution in [0.25, 0.3) is 10.8 Å². The van der Waals surface area contributed by atoms with Crippen molar-refractivity contribution in [2.75, 3.05) is 19.8 Å². The van der Waals surface area contributed by atoms with Crippen molar-refractivity contribution >= 4 is 10.8 Å². The van der Waals surface area contributed by atoms with E-state index >= 15 is 0 Å². The van der Waals surface area contributed by atoms with Crippen molar-refractivity contribution in [2.24, 2.45) is 0 Å². The molecule has 3 rings (SSSR count). The summed E-state index contributed by atoms with van der Waals surface area (Å²) in [5, 5.41) is 11.8. The molecular weight excluding hydrogens is 448 g/mol. The second-order valence-electron chi connectivity index (χ2n) is 9.55. The number of unbranched alkanes of at least 4 members (excludes halogenated alkanes) is 9. The number of rotatable bonds is 19. The fourth-order valence-electron chi connectivity index (χ4n) is 4.40. The summed E-state index contributed by atoms with van der Waals surface area (Å²) in [6.07, 6.45) is 12.8. The van der Waals surface area contributed by atoms with E-state index in [2.05, 4.69) is 19.1 Å². The van der Waals surface area contributed by atoms with Crippen molar-refractivity contribution in [2.45, 2.75) is 83.8 Å². The van der Waals surface area contributed by atoms with Crippen LogP contribution in [0.15, 0.2) is 66.7 Å². The number of fused-ring (bicyclic) bond motifs is 1.